The number of rotatable bonds is 12. The monoisotopic (exact) mass is 487 g/mol. The summed E-state index contributed by atoms with van der Waals surface area (Å²) in [6.45, 7) is 3.26. The molecule has 0 unspecified atom stereocenters. The van der Waals surface area contributed by atoms with Crippen molar-refractivity contribution in [3.63, 3.8) is 0 Å². The Hall–Kier alpha value is -3.50. The molecule has 0 aliphatic carbocycles. The van der Waals surface area contributed by atoms with E-state index in [9.17, 15) is 18.0 Å². The third-order valence-electron chi connectivity index (χ3n) is 5.53. The van der Waals surface area contributed by atoms with Crippen molar-refractivity contribution in [1.29, 1.82) is 0 Å². The molecular weight excluding hydrogens is 459 g/mol. The van der Waals surface area contributed by atoms with Crippen LogP contribution >= 0.6 is 0 Å². The number of hydroxylamine groups is 1. The molecule has 1 amide bonds. The predicted octanol–water partition coefficient (Wildman–Crippen LogP) is 4.36. The zero-order valence-electron chi connectivity index (χ0n) is 19.3. The maximum Gasteiger partial charge on any atom is 0.265 e. The zero-order chi connectivity index (χ0) is 25.2. The predicted molar refractivity (Wildman–Crippen MR) is 125 cm³/mol. The van der Waals surface area contributed by atoms with Crippen molar-refractivity contribution in [3.05, 3.63) is 89.3 Å². The van der Waals surface area contributed by atoms with Gasteiger partial charge in [-0.3, -0.25) is 14.9 Å². The number of nitrogens with zero attached hydrogens (tertiary/aromatic N) is 3. The van der Waals surface area contributed by atoms with Gasteiger partial charge in [-0.1, -0.05) is 12.1 Å². The number of aromatic nitrogens is 2. The second-order valence-corrected chi connectivity index (χ2v) is 8.32. The first-order valence-electron chi connectivity index (χ1n) is 11.2. The van der Waals surface area contributed by atoms with Crippen molar-refractivity contribution in [3.8, 4) is 0 Å². The Morgan fingerprint density at radius 2 is 1.60 bits per heavy atom. The zero-order valence-corrected chi connectivity index (χ0v) is 19.3. The lowest BCUT2D eigenvalue weighted by Gasteiger charge is -2.23. The van der Waals surface area contributed by atoms with E-state index in [0.717, 1.165) is 11.1 Å². The third-order valence-corrected chi connectivity index (χ3v) is 5.53. The van der Waals surface area contributed by atoms with Crippen LogP contribution in [-0.2, 0) is 17.9 Å². The van der Waals surface area contributed by atoms with Crippen LogP contribution in [0.5, 0.6) is 0 Å². The molecule has 3 N–H and O–H groups in total. The molecule has 35 heavy (non-hydrogen) atoms. The van der Waals surface area contributed by atoms with Gasteiger partial charge in [0.25, 0.3) is 5.91 Å². The molecule has 0 aliphatic heterocycles. The minimum atomic E-state index is -0.707. The molecule has 1 atom stereocenters. The van der Waals surface area contributed by atoms with Crippen molar-refractivity contribution in [2.75, 3.05) is 11.9 Å². The number of carbonyl (C=O) groups excluding carboxylic acids is 1. The number of halogens is 3. The lowest BCUT2D eigenvalue weighted by atomic mass is 10.1. The largest absolute Gasteiger partial charge is 0.374 e. The second-order valence-electron chi connectivity index (χ2n) is 8.32. The average molecular weight is 488 g/mol. The summed E-state index contributed by atoms with van der Waals surface area (Å²) in [5.41, 5.74) is 4.35. The topological polar surface area (TPSA) is 90.4 Å². The summed E-state index contributed by atoms with van der Waals surface area (Å²) >= 11 is 0. The summed E-state index contributed by atoms with van der Waals surface area (Å²) in [4.78, 5) is 21.6. The molecule has 3 aromatic rings. The molecule has 0 aliphatic rings. The number of anilines is 1. The fourth-order valence-electron chi connectivity index (χ4n) is 3.70. The van der Waals surface area contributed by atoms with Gasteiger partial charge in [0, 0.05) is 31.2 Å². The van der Waals surface area contributed by atoms with Crippen molar-refractivity contribution in [2.45, 2.75) is 45.3 Å². The Kier molecular flexibility index (Phi) is 9.56. The Balaban J connectivity index is 1.59. The highest BCUT2D eigenvalue weighted by Gasteiger charge is 2.18. The van der Waals surface area contributed by atoms with Crippen LogP contribution in [0.15, 0.2) is 54.9 Å². The molecule has 0 saturated carbocycles. The SMILES string of the molecule is Cc1cc(N[C@H](CCCCN(Cc2ccc(F)nc2)Cc2ccc(F)nc2)C(=O)NO)ccc1F. The molecular formula is C25H28F3N5O2. The molecule has 0 saturated heterocycles. The quantitative estimate of drug-likeness (QED) is 0.152. The van der Waals surface area contributed by atoms with Crippen LogP contribution in [-0.4, -0.2) is 38.6 Å². The van der Waals surface area contributed by atoms with Crippen LogP contribution in [0.2, 0.25) is 0 Å². The normalized spacial score (nSPS) is 11.9. The molecule has 0 bridgehead atoms. The van der Waals surface area contributed by atoms with Gasteiger partial charge in [0.15, 0.2) is 0 Å². The summed E-state index contributed by atoms with van der Waals surface area (Å²) in [6.07, 6.45) is 4.73. The van der Waals surface area contributed by atoms with Gasteiger partial charge in [0.05, 0.1) is 0 Å². The van der Waals surface area contributed by atoms with Gasteiger partial charge in [-0.05, 0) is 79.8 Å². The molecule has 0 fully saturated rings. The number of amides is 1. The van der Waals surface area contributed by atoms with E-state index < -0.39 is 23.8 Å². The molecule has 10 heteroatoms. The molecule has 1 aromatic carbocycles. The lowest BCUT2D eigenvalue weighted by molar-refractivity contribution is -0.130. The van der Waals surface area contributed by atoms with Crippen LogP contribution in [0.25, 0.3) is 0 Å². The molecule has 0 radical (unpaired) electrons. The van der Waals surface area contributed by atoms with Gasteiger partial charge < -0.3 is 5.32 Å². The first-order valence-corrected chi connectivity index (χ1v) is 11.2. The minimum absolute atomic E-state index is 0.341. The van der Waals surface area contributed by atoms with E-state index >= 15 is 0 Å². The molecule has 3 rings (SSSR count). The second kappa shape index (κ2) is 12.8. The number of nitrogens with one attached hydrogen (secondary N) is 2. The van der Waals surface area contributed by atoms with Crippen LogP contribution < -0.4 is 10.8 Å². The number of unbranched alkanes of at least 4 members (excludes halogenated alkanes) is 1. The van der Waals surface area contributed by atoms with Crippen LogP contribution in [0.4, 0.5) is 18.9 Å². The highest BCUT2D eigenvalue weighted by Crippen LogP contribution is 2.17. The smallest absolute Gasteiger partial charge is 0.265 e. The van der Waals surface area contributed by atoms with Crippen LogP contribution in [0.1, 0.15) is 36.0 Å². The van der Waals surface area contributed by atoms with E-state index in [1.165, 1.54) is 36.7 Å². The number of aryl methyl sites for hydroxylation is 1. The number of benzene rings is 1. The van der Waals surface area contributed by atoms with Crippen molar-refractivity contribution < 1.29 is 23.2 Å². The highest BCUT2D eigenvalue weighted by molar-refractivity contribution is 5.83. The molecule has 186 valence electrons. The Morgan fingerprint density at radius 1 is 0.971 bits per heavy atom. The number of carbonyl (C=O) groups is 1. The van der Waals surface area contributed by atoms with E-state index in [0.29, 0.717) is 50.1 Å². The molecule has 0 spiro atoms. The lowest BCUT2D eigenvalue weighted by Crippen LogP contribution is -2.38. The van der Waals surface area contributed by atoms with Gasteiger partial charge in [0.2, 0.25) is 11.9 Å². The summed E-state index contributed by atoms with van der Waals surface area (Å²) in [7, 11) is 0. The Labute approximate surface area is 202 Å². The van der Waals surface area contributed by atoms with Gasteiger partial charge in [0.1, 0.15) is 11.9 Å². The summed E-state index contributed by atoms with van der Waals surface area (Å²) in [5.74, 6) is -2.04. The summed E-state index contributed by atoms with van der Waals surface area (Å²) in [5, 5.41) is 12.2. The van der Waals surface area contributed by atoms with Gasteiger partial charge >= 0.3 is 0 Å². The van der Waals surface area contributed by atoms with Crippen LogP contribution in [0, 0.1) is 24.6 Å². The van der Waals surface area contributed by atoms with Crippen LogP contribution in [0.3, 0.4) is 0 Å². The fourth-order valence-corrected chi connectivity index (χ4v) is 3.70. The molecule has 2 aromatic heterocycles. The van der Waals surface area contributed by atoms with E-state index in [2.05, 4.69) is 20.2 Å². The summed E-state index contributed by atoms with van der Waals surface area (Å²) in [6, 6.07) is 9.67. The molecule has 2 heterocycles. The maximum atomic E-state index is 13.5. The first-order chi connectivity index (χ1) is 16.8. The highest BCUT2D eigenvalue weighted by atomic mass is 19.1. The summed E-state index contributed by atoms with van der Waals surface area (Å²) < 4.78 is 39.9. The molecule has 7 nitrogen and oxygen atoms in total. The standard InChI is InChI=1S/C25H28F3N5O2/c1-17-12-20(7-8-21(17)26)31-22(25(34)32-35)4-2-3-11-33(15-18-5-9-23(27)29-13-18)16-19-6-10-24(28)30-14-19/h5-10,12-14,22,31,35H,2-4,11,15-16H2,1H3,(H,32,34)/t22-/m1/s1. The Morgan fingerprint density at radius 3 is 2.11 bits per heavy atom. The number of hydrogen-bond acceptors (Lipinski definition) is 6. The van der Waals surface area contributed by atoms with E-state index in [1.807, 2.05) is 0 Å². The van der Waals surface area contributed by atoms with Crippen molar-refractivity contribution in [1.82, 2.24) is 20.3 Å². The Bertz CT molecular complexity index is 1050. The van der Waals surface area contributed by atoms with E-state index in [1.54, 1.807) is 30.6 Å². The van der Waals surface area contributed by atoms with E-state index in [-0.39, 0.29) is 5.82 Å². The van der Waals surface area contributed by atoms with Gasteiger partial charge in [-0.15, -0.1) is 0 Å². The van der Waals surface area contributed by atoms with Gasteiger partial charge in [-0.2, -0.15) is 8.78 Å². The average Bonchev–Trinajstić information content (AvgIpc) is 2.85. The third kappa shape index (κ3) is 8.34. The maximum absolute atomic E-state index is 13.5. The van der Waals surface area contributed by atoms with Gasteiger partial charge in [-0.25, -0.2) is 19.8 Å². The van der Waals surface area contributed by atoms with Crippen molar-refractivity contribution in [2.24, 2.45) is 0 Å². The number of pyridine rings is 2. The fraction of sp³-hybridized carbons (Fsp3) is 0.320. The van der Waals surface area contributed by atoms with E-state index in [4.69, 9.17) is 5.21 Å². The first kappa shape index (κ1) is 26.1. The minimum Gasteiger partial charge on any atom is -0.374 e. The van der Waals surface area contributed by atoms with Crippen molar-refractivity contribution >= 4 is 11.6 Å². The number of hydrogen-bond donors (Lipinski definition) is 3.